The van der Waals surface area contributed by atoms with E-state index in [-0.39, 0.29) is 0 Å². The molecule has 0 saturated heterocycles. The summed E-state index contributed by atoms with van der Waals surface area (Å²) in [5.41, 5.74) is 0.831. The number of sulfonamides is 1. The second-order valence-electron chi connectivity index (χ2n) is 3.88. The Balaban J connectivity index is 2.50. The van der Waals surface area contributed by atoms with Crippen molar-refractivity contribution in [2.75, 3.05) is 14.1 Å². The number of benzene rings is 1. The molecule has 2 aromatic rings. The smallest absolute Gasteiger partial charge is 0.242 e. The third kappa shape index (κ3) is 2.25. The van der Waals surface area contributed by atoms with Crippen molar-refractivity contribution in [3.8, 4) is 5.69 Å². The molecule has 0 aliphatic heterocycles. The molecule has 0 aliphatic rings. The quantitative estimate of drug-likeness (QED) is 0.832. The molecule has 0 bridgehead atoms. The lowest BCUT2D eigenvalue weighted by Crippen LogP contribution is -2.22. The SMILES string of the molecule is CN(C)S(=O)(=O)c1cccc(-n2cccc2)c1. The first kappa shape index (κ1) is 11.9. The first-order chi connectivity index (χ1) is 8.01. The van der Waals surface area contributed by atoms with E-state index in [0.29, 0.717) is 4.90 Å². The zero-order valence-electron chi connectivity index (χ0n) is 9.74. The van der Waals surface area contributed by atoms with Crippen LogP contribution in [0.3, 0.4) is 0 Å². The van der Waals surface area contributed by atoms with E-state index in [0.717, 1.165) is 5.69 Å². The molecule has 0 atom stereocenters. The summed E-state index contributed by atoms with van der Waals surface area (Å²) in [6.45, 7) is 0. The van der Waals surface area contributed by atoms with Gasteiger partial charge in [0.05, 0.1) is 4.90 Å². The Labute approximate surface area is 101 Å². The third-order valence-corrected chi connectivity index (χ3v) is 4.31. The molecule has 0 N–H and O–H groups in total. The van der Waals surface area contributed by atoms with Crippen LogP contribution in [-0.4, -0.2) is 31.4 Å². The van der Waals surface area contributed by atoms with Gasteiger partial charge in [0.15, 0.2) is 0 Å². The van der Waals surface area contributed by atoms with Gasteiger partial charge < -0.3 is 4.57 Å². The summed E-state index contributed by atoms with van der Waals surface area (Å²) in [6, 6.07) is 10.7. The van der Waals surface area contributed by atoms with Crippen LogP contribution in [0.4, 0.5) is 0 Å². The second-order valence-corrected chi connectivity index (χ2v) is 6.03. The van der Waals surface area contributed by atoms with Gasteiger partial charge in [-0.3, -0.25) is 0 Å². The van der Waals surface area contributed by atoms with Gasteiger partial charge in [-0.15, -0.1) is 0 Å². The van der Waals surface area contributed by atoms with Gasteiger partial charge in [-0.05, 0) is 30.3 Å². The predicted octanol–water partition coefficient (Wildman–Crippen LogP) is 1.73. The van der Waals surface area contributed by atoms with Crippen LogP contribution < -0.4 is 0 Å². The second kappa shape index (κ2) is 4.35. The minimum absolute atomic E-state index is 0.300. The van der Waals surface area contributed by atoms with Gasteiger partial charge in [0.2, 0.25) is 10.0 Å². The molecule has 4 nitrogen and oxygen atoms in total. The van der Waals surface area contributed by atoms with Crippen molar-refractivity contribution in [3.63, 3.8) is 0 Å². The number of hydrogen-bond donors (Lipinski definition) is 0. The lowest BCUT2D eigenvalue weighted by molar-refractivity contribution is 0.520. The van der Waals surface area contributed by atoms with Gasteiger partial charge in [0, 0.05) is 32.2 Å². The van der Waals surface area contributed by atoms with Crippen molar-refractivity contribution >= 4 is 10.0 Å². The normalized spacial score (nSPS) is 11.9. The maximum atomic E-state index is 12.0. The Morgan fingerprint density at radius 3 is 2.29 bits per heavy atom. The highest BCUT2D eigenvalue weighted by atomic mass is 32.2. The van der Waals surface area contributed by atoms with E-state index in [2.05, 4.69) is 0 Å². The standard InChI is InChI=1S/C12H14N2O2S/c1-13(2)17(15,16)12-7-5-6-11(10-12)14-8-3-4-9-14/h3-10H,1-2H3. The van der Waals surface area contributed by atoms with Crippen molar-refractivity contribution in [1.82, 2.24) is 8.87 Å². The lowest BCUT2D eigenvalue weighted by Gasteiger charge is -2.12. The molecule has 1 aromatic heterocycles. The van der Waals surface area contributed by atoms with Gasteiger partial charge in [-0.1, -0.05) is 6.07 Å². The van der Waals surface area contributed by atoms with Crippen LogP contribution in [0.15, 0.2) is 53.7 Å². The van der Waals surface area contributed by atoms with E-state index in [1.165, 1.54) is 18.4 Å². The van der Waals surface area contributed by atoms with Gasteiger partial charge in [-0.25, -0.2) is 12.7 Å². The van der Waals surface area contributed by atoms with Gasteiger partial charge >= 0.3 is 0 Å². The zero-order chi connectivity index (χ0) is 12.5. The number of rotatable bonds is 3. The van der Waals surface area contributed by atoms with Crippen LogP contribution in [0.25, 0.3) is 5.69 Å². The molecule has 0 aliphatic carbocycles. The molecule has 0 amide bonds. The van der Waals surface area contributed by atoms with Gasteiger partial charge in [0.25, 0.3) is 0 Å². The molecule has 0 saturated carbocycles. The largest absolute Gasteiger partial charge is 0.324 e. The Bertz CT molecular complexity index is 601. The van der Waals surface area contributed by atoms with E-state index < -0.39 is 10.0 Å². The predicted molar refractivity (Wildman–Crippen MR) is 66.6 cm³/mol. The molecule has 90 valence electrons. The summed E-state index contributed by atoms with van der Waals surface area (Å²) in [6.07, 6.45) is 3.75. The van der Waals surface area contributed by atoms with Crippen molar-refractivity contribution in [2.24, 2.45) is 0 Å². The topological polar surface area (TPSA) is 42.3 Å². The minimum Gasteiger partial charge on any atom is -0.324 e. The van der Waals surface area contributed by atoms with Gasteiger partial charge in [0.1, 0.15) is 0 Å². The van der Waals surface area contributed by atoms with E-state index in [9.17, 15) is 8.42 Å². The highest BCUT2D eigenvalue weighted by Crippen LogP contribution is 2.17. The van der Waals surface area contributed by atoms with Crippen LogP contribution in [0.1, 0.15) is 0 Å². The fourth-order valence-corrected chi connectivity index (χ4v) is 2.46. The third-order valence-electron chi connectivity index (χ3n) is 2.50. The molecule has 0 spiro atoms. The lowest BCUT2D eigenvalue weighted by atomic mass is 10.3. The molecular formula is C12H14N2O2S. The Kier molecular flexibility index (Phi) is 3.04. The van der Waals surface area contributed by atoms with Crippen LogP contribution in [0.2, 0.25) is 0 Å². The summed E-state index contributed by atoms with van der Waals surface area (Å²) in [4.78, 5) is 0.300. The summed E-state index contributed by atoms with van der Waals surface area (Å²) < 4.78 is 27.0. The van der Waals surface area contributed by atoms with E-state index in [1.54, 1.807) is 18.2 Å². The van der Waals surface area contributed by atoms with E-state index in [1.807, 2.05) is 35.2 Å². The molecular weight excluding hydrogens is 236 g/mol. The molecule has 5 heteroatoms. The van der Waals surface area contributed by atoms with E-state index in [4.69, 9.17) is 0 Å². The minimum atomic E-state index is -3.37. The van der Waals surface area contributed by atoms with Crippen molar-refractivity contribution in [3.05, 3.63) is 48.8 Å². The fraction of sp³-hybridized carbons (Fsp3) is 0.167. The summed E-state index contributed by atoms with van der Waals surface area (Å²) in [5, 5.41) is 0. The highest BCUT2D eigenvalue weighted by Gasteiger charge is 2.17. The summed E-state index contributed by atoms with van der Waals surface area (Å²) in [5.74, 6) is 0. The number of hydrogen-bond acceptors (Lipinski definition) is 2. The Morgan fingerprint density at radius 1 is 1.06 bits per heavy atom. The Morgan fingerprint density at radius 2 is 1.71 bits per heavy atom. The van der Waals surface area contributed by atoms with Crippen LogP contribution in [0.5, 0.6) is 0 Å². The Hall–Kier alpha value is -1.59. The summed E-state index contributed by atoms with van der Waals surface area (Å²) in [7, 11) is -0.320. The summed E-state index contributed by atoms with van der Waals surface area (Å²) >= 11 is 0. The molecule has 1 heterocycles. The van der Waals surface area contributed by atoms with Crippen LogP contribution in [-0.2, 0) is 10.0 Å². The monoisotopic (exact) mass is 250 g/mol. The average Bonchev–Trinajstić information content (AvgIpc) is 2.82. The maximum Gasteiger partial charge on any atom is 0.242 e. The van der Waals surface area contributed by atoms with Crippen molar-refractivity contribution in [1.29, 1.82) is 0 Å². The number of nitrogens with zero attached hydrogens (tertiary/aromatic N) is 2. The highest BCUT2D eigenvalue weighted by molar-refractivity contribution is 7.89. The van der Waals surface area contributed by atoms with Crippen molar-refractivity contribution in [2.45, 2.75) is 4.90 Å². The maximum absolute atomic E-state index is 12.0. The first-order valence-electron chi connectivity index (χ1n) is 5.18. The first-order valence-corrected chi connectivity index (χ1v) is 6.62. The fourth-order valence-electron chi connectivity index (χ4n) is 1.52. The van der Waals surface area contributed by atoms with Crippen LogP contribution >= 0.6 is 0 Å². The molecule has 17 heavy (non-hydrogen) atoms. The molecule has 1 aromatic carbocycles. The van der Waals surface area contributed by atoms with E-state index >= 15 is 0 Å². The number of aromatic nitrogens is 1. The zero-order valence-corrected chi connectivity index (χ0v) is 10.6. The molecule has 0 radical (unpaired) electrons. The molecule has 0 unspecified atom stereocenters. The molecule has 2 rings (SSSR count). The average molecular weight is 250 g/mol. The molecule has 0 fully saturated rings. The van der Waals surface area contributed by atoms with Gasteiger partial charge in [-0.2, -0.15) is 0 Å². The van der Waals surface area contributed by atoms with Crippen LogP contribution in [0, 0.1) is 0 Å². The van der Waals surface area contributed by atoms with Crippen molar-refractivity contribution < 1.29 is 8.42 Å².